The summed E-state index contributed by atoms with van der Waals surface area (Å²) in [5, 5.41) is 20.1. The Hall–Kier alpha value is -1.66. The molecule has 1 saturated carbocycles. The molecule has 0 bridgehead atoms. The molecule has 24 heavy (non-hydrogen) atoms. The Morgan fingerprint density at radius 3 is 2.54 bits per heavy atom. The predicted molar refractivity (Wildman–Crippen MR) is 88.6 cm³/mol. The largest absolute Gasteiger partial charge is 0.506 e. The van der Waals surface area contributed by atoms with Crippen LogP contribution in [0.4, 0.5) is 0 Å². The van der Waals surface area contributed by atoms with E-state index in [0.717, 1.165) is 32.5 Å². The molecule has 0 spiro atoms. The first-order valence-electron chi connectivity index (χ1n) is 8.97. The van der Waals surface area contributed by atoms with Crippen LogP contribution in [0.25, 0.3) is 0 Å². The molecule has 6 nitrogen and oxygen atoms in total. The summed E-state index contributed by atoms with van der Waals surface area (Å²) in [6, 6.07) is 1.73. The maximum Gasteiger partial charge on any atom is 0.255 e. The Morgan fingerprint density at radius 2 is 1.83 bits per heavy atom. The molecule has 0 aromatic carbocycles. The van der Waals surface area contributed by atoms with Crippen LogP contribution in [0.3, 0.4) is 0 Å². The molecule has 2 aliphatic heterocycles. The van der Waals surface area contributed by atoms with E-state index in [9.17, 15) is 15.0 Å². The highest BCUT2D eigenvalue weighted by Gasteiger charge is 2.45. The lowest BCUT2D eigenvalue weighted by Gasteiger charge is -2.40. The molecule has 4 atom stereocenters. The summed E-state index contributed by atoms with van der Waals surface area (Å²) in [5.74, 6) is 0.795. The summed E-state index contributed by atoms with van der Waals surface area (Å²) in [4.78, 5) is 20.9. The Labute approximate surface area is 142 Å². The van der Waals surface area contributed by atoms with Gasteiger partial charge in [-0.25, -0.2) is 0 Å². The average Bonchev–Trinajstić information content (AvgIpc) is 3.22. The number of carbonyl (C=O) groups excluding carboxylic acids is 1. The Morgan fingerprint density at radius 1 is 1.12 bits per heavy atom. The number of rotatable bonds is 2. The van der Waals surface area contributed by atoms with Crippen LogP contribution in [0.2, 0.25) is 0 Å². The average molecular weight is 331 g/mol. The number of aromatic nitrogens is 1. The van der Waals surface area contributed by atoms with Crippen LogP contribution in [0.15, 0.2) is 18.5 Å². The zero-order chi connectivity index (χ0) is 16.7. The highest BCUT2D eigenvalue weighted by Crippen LogP contribution is 2.39. The van der Waals surface area contributed by atoms with Crippen LogP contribution in [0, 0.1) is 11.8 Å². The molecule has 3 aliphatic rings. The molecule has 1 aliphatic carbocycles. The van der Waals surface area contributed by atoms with Gasteiger partial charge in [0.2, 0.25) is 0 Å². The van der Waals surface area contributed by atoms with Crippen LogP contribution in [-0.4, -0.2) is 69.2 Å². The first-order chi connectivity index (χ1) is 11.6. The van der Waals surface area contributed by atoms with Gasteiger partial charge < -0.3 is 15.1 Å². The minimum atomic E-state index is -0.276. The number of likely N-dealkylation sites (tertiary alicyclic amines) is 2. The van der Waals surface area contributed by atoms with Gasteiger partial charge in [0.05, 0.1) is 17.9 Å². The maximum absolute atomic E-state index is 12.7. The molecule has 4 rings (SSSR count). The molecule has 3 fully saturated rings. The molecule has 6 heteroatoms. The van der Waals surface area contributed by atoms with Crippen molar-refractivity contribution in [2.45, 2.75) is 37.8 Å². The third-order valence-electron chi connectivity index (χ3n) is 5.98. The number of hydrogen-bond donors (Lipinski definition) is 2. The molecular weight excluding hydrogens is 306 g/mol. The van der Waals surface area contributed by atoms with Crippen molar-refractivity contribution < 1.29 is 15.0 Å². The second kappa shape index (κ2) is 6.33. The van der Waals surface area contributed by atoms with E-state index < -0.39 is 0 Å². The topological polar surface area (TPSA) is 76.9 Å². The third-order valence-corrected chi connectivity index (χ3v) is 5.98. The van der Waals surface area contributed by atoms with E-state index in [1.807, 2.05) is 4.90 Å². The second-order valence-electron chi connectivity index (χ2n) is 7.51. The van der Waals surface area contributed by atoms with E-state index in [2.05, 4.69) is 9.88 Å². The zero-order valence-corrected chi connectivity index (χ0v) is 13.8. The predicted octanol–water partition coefficient (Wildman–Crippen LogP) is 1.09. The molecule has 3 heterocycles. The van der Waals surface area contributed by atoms with Gasteiger partial charge in [0.15, 0.2) is 0 Å². The van der Waals surface area contributed by atoms with Crippen molar-refractivity contribution in [3.63, 3.8) is 0 Å². The number of aliphatic hydroxyl groups is 1. The number of carbonyl (C=O) groups is 1. The summed E-state index contributed by atoms with van der Waals surface area (Å²) in [7, 11) is 0. The summed E-state index contributed by atoms with van der Waals surface area (Å²) >= 11 is 0. The van der Waals surface area contributed by atoms with Gasteiger partial charge in [0, 0.05) is 25.3 Å². The van der Waals surface area contributed by atoms with Crippen LogP contribution in [-0.2, 0) is 0 Å². The van der Waals surface area contributed by atoms with Crippen LogP contribution in [0.5, 0.6) is 5.75 Å². The fourth-order valence-corrected chi connectivity index (χ4v) is 4.77. The lowest BCUT2D eigenvalue weighted by Crippen LogP contribution is -2.48. The van der Waals surface area contributed by atoms with Gasteiger partial charge in [0.1, 0.15) is 5.75 Å². The van der Waals surface area contributed by atoms with Crippen molar-refractivity contribution in [3.8, 4) is 5.75 Å². The van der Waals surface area contributed by atoms with Crippen LogP contribution in [0.1, 0.15) is 36.0 Å². The Kier molecular flexibility index (Phi) is 4.18. The second-order valence-corrected chi connectivity index (χ2v) is 7.51. The molecule has 0 radical (unpaired) electrons. The molecule has 130 valence electrons. The van der Waals surface area contributed by atoms with Gasteiger partial charge in [-0.1, -0.05) is 0 Å². The maximum atomic E-state index is 12.7. The third kappa shape index (κ3) is 2.89. The van der Waals surface area contributed by atoms with Gasteiger partial charge in [0.25, 0.3) is 5.91 Å². The fourth-order valence-electron chi connectivity index (χ4n) is 4.77. The summed E-state index contributed by atoms with van der Waals surface area (Å²) < 4.78 is 0. The van der Waals surface area contributed by atoms with Crippen molar-refractivity contribution in [1.82, 2.24) is 14.8 Å². The monoisotopic (exact) mass is 331 g/mol. The van der Waals surface area contributed by atoms with Gasteiger partial charge >= 0.3 is 0 Å². The number of nitrogens with zero attached hydrogens (tertiary/aromatic N) is 3. The smallest absolute Gasteiger partial charge is 0.255 e. The van der Waals surface area contributed by atoms with E-state index in [-0.39, 0.29) is 23.8 Å². The number of aromatic hydroxyl groups is 1. The van der Waals surface area contributed by atoms with Crippen molar-refractivity contribution >= 4 is 5.91 Å². The number of fused-ring (bicyclic) bond motifs is 1. The standard InChI is InChI=1S/C18H25N3O3/c22-15-5-12(8-19-9-15)18(24)21-10-13-6-16(20-3-1-2-4-20)17(23)7-14(13)11-21/h5,8-9,13-14,16-17,22-23H,1-4,6-7,10-11H2/t13-,14+,16-,17-/m1/s1. The quantitative estimate of drug-likeness (QED) is 0.848. The minimum Gasteiger partial charge on any atom is -0.506 e. The van der Waals surface area contributed by atoms with Crippen molar-refractivity contribution in [3.05, 3.63) is 24.0 Å². The first-order valence-corrected chi connectivity index (χ1v) is 8.97. The van der Waals surface area contributed by atoms with E-state index >= 15 is 0 Å². The molecule has 2 saturated heterocycles. The van der Waals surface area contributed by atoms with Crippen molar-refractivity contribution in [2.75, 3.05) is 26.2 Å². The first kappa shape index (κ1) is 15.8. The minimum absolute atomic E-state index is 0.0157. The Balaban J connectivity index is 1.44. The zero-order valence-electron chi connectivity index (χ0n) is 13.8. The van der Waals surface area contributed by atoms with Gasteiger partial charge in [-0.05, 0) is 56.7 Å². The lowest BCUT2D eigenvalue weighted by atomic mass is 9.77. The van der Waals surface area contributed by atoms with Gasteiger partial charge in [-0.3, -0.25) is 14.7 Å². The van der Waals surface area contributed by atoms with Crippen molar-refractivity contribution in [1.29, 1.82) is 0 Å². The highest BCUT2D eigenvalue weighted by molar-refractivity contribution is 5.94. The normalized spacial score (nSPS) is 33.6. The van der Waals surface area contributed by atoms with E-state index in [1.165, 1.54) is 31.3 Å². The summed E-state index contributed by atoms with van der Waals surface area (Å²) in [5.41, 5.74) is 0.435. The molecule has 1 aromatic rings. The number of hydrogen-bond acceptors (Lipinski definition) is 5. The summed E-state index contributed by atoms with van der Waals surface area (Å²) in [6.45, 7) is 3.63. The highest BCUT2D eigenvalue weighted by atomic mass is 16.3. The van der Waals surface area contributed by atoms with Gasteiger partial charge in [-0.15, -0.1) is 0 Å². The fraction of sp³-hybridized carbons (Fsp3) is 0.667. The van der Waals surface area contributed by atoms with Crippen molar-refractivity contribution in [2.24, 2.45) is 11.8 Å². The molecule has 0 unspecified atom stereocenters. The van der Waals surface area contributed by atoms with Crippen LogP contribution < -0.4 is 0 Å². The molecule has 1 amide bonds. The molecular formula is C18H25N3O3. The Bertz CT molecular complexity index is 617. The summed E-state index contributed by atoms with van der Waals surface area (Å²) in [6.07, 6.45) is 6.78. The molecule has 1 aromatic heterocycles. The number of amides is 1. The van der Waals surface area contributed by atoms with E-state index in [4.69, 9.17) is 0 Å². The van der Waals surface area contributed by atoms with Crippen LogP contribution >= 0.6 is 0 Å². The SMILES string of the molecule is O=C(c1cncc(O)c1)N1C[C@H]2C[C@@H](N3CCCC3)[C@H](O)C[C@H]2C1. The lowest BCUT2D eigenvalue weighted by molar-refractivity contribution is -0.000864. The molecule has 2 N–H and O–H groups in total. The van der Waals surface area contributed by atoms with E-state index in [1.54, 1.807) is 0 Å². The number of pyridine rings is 1. The number of aliphatic hydroxyl groups excluding tert-OH is 1. The van der Waals surface area contributed by atoms with Gasteiger partial charge in [-0.2, -0.15) is 0 Å². The van der Waals surface area contributed by atoms with E-state index in [0.29, 0.717) is 23.9 Å².